The first-order chi connectivity index (χ1) is 9.38. The van der Waals surface area contributed by atoms with E-state index in [1.807, 2.05) is 0 Å². The second-order valence-corrected chi connectivity index (χ2v) is 3.85. The van der Waals surface area contributed by atoms with E-state index < -0.39 is 12.3 Å². The van der Waals surface area contributed by atoms with E-state index in [1.54, 1.807) is 6.07 Å². The molecule has 0 heterocycles. The number of carbonyl (C=O) groups excluding carboxylic acids is 1. The number of para-hydroxylation sites is 1. The summed E-state index contributed by atoms with van der Waals surface area (Å²) in [7, 11) is 0. The highest BCUT2D eigenvalue weighted by molar-refractivity contribution is 5.74. The van der Waals surface area contributed by atoms with Crippen LogP contribution in [0.4, 0.5) is 13.2 Å². The summed E-state index contributed by atoms with van der Waals surface area (Å²) in [5.74, 6) is -0.820. The highest BCUT2D eigenvalue weighted by atomic mass is 19.4. The molecule has 0 fully saturated rings. The van der Waals surface area contributed by atoms with E-state index in [4.69, 9.17) is 10.5 Å². The third kappa shape index (κ3) is 6.95. The Morgan fingerprint density at radius 2 is 2.00 bits per heavy atom. The minimum absolute atomic E-state index is 0.185. The molecule has 0 saturated carbocycles. The fraction of sp³-hybridized carbons (Fsp3) is 0.417. The van der Waals surface area contributed by atoms with Gasteiger partial charge < -0.3 is 20.5 Å². The van der Waals surface area contributed by atoms with Crippen molar-refractivity contribution in [3.8, 4) is 5.75 Å². The lowest BCUT2D eigenvalue weighted by atomic mass is 10.2. The average molecular weight is 292 g/mol. The molecular weight excluding hydrogens is 277 g/mol. The van der Waals surface area contributed by atoms with E-state index in [0.717, 1.165) is 0 Å². The Morgan fingerprint density at radius 1 is 1.30 bits per heavy atom. The Hall–Kier alpha value is -1.80. The van der Waals surface area contributed by atoms with E-state index in [0.29, 0.717) is 12.1 Å². The van der Waals surface area contributed by atoms with Crippen LogP contribution in [-0.4, -0.2) is 32.0 Å². The third-order valence-corrected chi connectivity index (χ3v) is 2.18. The van der Waals surface area contributed by atoms with Gasteiger partial charge in [-0.1, -0.05) is 18.2 Å². The number of ether oxygens (including phenoxy) is 2. The van der Waals surface area contributed by atoms with Crippen LogP contribution in [0.2, 0.25) is 0 Å². The lowest BCUT2D eigenvalue weighted by Gasteiger charge is -2.13. The maximum absolute atomic E-state index is 12.2. The van der Waals surface area contributed by atoms with Gasteiger partial charge in [0.25, 0.3) is 0 Å². The van der Waals surface area contributed by atoms with Crippen LogP contribution >= 0.6 is 0 Å². The van der Waals surface area contributed by atoms with E-state index in [2.05, 4.69) is 10.1 Å². The number of hydrogen-bond acceptors (Lipinski definition) is 4. The number of nitrogens with one attached hydrogen (secondary N) is 1. The monoisotopic (exact) mass is 292 g/mol. The molecule has 3 N–H and O–H groups in total. The molecule has 8 heteroatoms. The van der Waals surface area contributed by atoms with Crippen molar-refractivity contribution < 1.29 is 27.4 Å². The second kappa shape index (κ2) is 7.71. The number of amides is 1. The zero-order valence-corrected chi connectivity index (χ0v) is 10.6. The molecule has 112 valence electrons. The highest BCUT2D eigenvalue weighted by Gasteiger charge is 2.31. The number of halogens is 3. The van der Waals surface area contributed by atoms with Gasteiger partial charge in [-0.15, -0.1) is 13.2 Å². The molecule has 1 amide bonds. The summed E-state index contributed by atoms with van der Waals surface area (Å²) in [6, 6.07) is 5.84. The number of benzene rings is 1. The van der Waals surface area contributed by atoms with Gasteiger partial charge in [0.05, 0.1) is 6.61 Å². The van der Waals surface area contributed by atoms with Crippen LogP contribution in [-0.2, 0) is 16.1 Å². The summed E-state index contributed by atoms with van der Waals surface area (Å²) in [5, 5.41) is 2.88. The summed E-state index contributed by atoms with van der Waals surface area (Å²) >= 11 is 0. The zero-order valence-electron chi connectivity index (χ0n) is 10.6. The average Bonchev–Trinajstić information content (AvgIpc) is 2.33. The Labute approximate surface area is 113 Å². The first-order valence-electron chi connectivity index (χ1n) is 5.79. The van der Waals surface area contributed by atoms with Crippen LogP contribution in [0, 0.1) is 0 Å². The molecule has 20 heavy (non-hydrogen) atoms. The normalized spacial score (nSPS) is 11.3. The first kappa shape index (κ1) is 16.3. The minimum Gasteiger partial charge on any atom is -0.405 e. The number of nitrogens with two attached hydrogens (primary N) is 1. The smallest absolute Gasteiger partial charge is 0.405 e. The topological polar surface area (TPSA) is 73.6 Å². The van der Waals surface area contributed by atoms with E-state index in [9.17, 15) is 18.0 Å². The Bertz CT molecular complexity index is 438. The van der Waals surface area contributed by atoms with Crippen LogP contribution in [0.3, 0.4) is 0 Å². The number of carbonyl (C=O) groups is 1. The third-order valence-electron chi connectivity index (χ3n) is 2.18. The number of alkyl halides is 3. The molecule has 0 aliphatic carbocycles. The second-order valence-electron chi connectivity index (χ2n) is 3.85. The molecule has 1 rings (SSSR count). The van der Waals surface area contributed by atoms with Crippen LogP contribution in [0.15, 0.2) is 24.3 Å². The van der Waals surface area contributed by atoms with Gasteiger partial charge in [-0.2, -0.15) is 0 Å². The van der Waals surface area contributed by atoms with Gasteiger partial charge in [-0.3, -0.25) is 4.79 Å². The Morgan fingerprint density at radius 3 is 2.65 bits per heavy atom. The maximum atomic E-state index is 12.2. The predicted molar refractivity (Wildman–Crippen MR) is 64.8 cm³/mol. The molecule has 5 nitrogen and oxygen atoms in total. The molecule has 0 saturated heterocycles. The molecule has 0 bridgehead atoms. The summed E-state index contributed by atoms with van der Waals surface area (Å²) in [5.41, 5.74) is 5.24. The Kier molecular flexibility index (Phi) is 6.26. The molecule has 0 aliphatic heterocycles. The fourth-order valence-corrected chi connectivity index (χ4v) is 1.41. The largest absolute Gasteiger partial charge is 0.573 e. The summed E-state index contributed by atoms with van der Waals surface area (Å²) in [6.07, 6.45) is -4.72. The van der Waals surface area contributed by atoms with Crippen molar-refractivity contribution in [2.75, 3.05) is 19.8 Å². The van der Waals surface area contributed by atoms with Crippen molar-refractivity contribution in [3.63, 3.8) is 0 Å². The molecule has 0 aromatic heterocycles. The van der Waals surface area contributed by atoms with Crippen molar-refractivity contribution in [1.29, 1.82) is 0 Å². The number of primary amides is 1. The van der Waals surface area contributed by atoms with Crippen LogP contribution in [0.1, 0.15) is 5.56 Å². The van der Waals surface area contributed by atoms with Crippen molar-refractivity contribution in [2.24, 2.45) is 5.73 Å². The van der Waals surface area contributed by atoms with Gasteiger partial charge >= 0.3 is 6.36 Å². The molecule has 0 spiro atoms. The standard InChI is InChI=1S/C12H15F3N2O3/c13-12(14,15)20-10-4-2-1-3-9(10)7-17-5-6-19-8-11(16)18/h1-4,17H,5-8H2,(H2,16,18). The van der Waals surface area contributed by atoms with Crippen molar-refractivity contribution in [3.05, 3.63) is 29.8 Å². The van der Waals surface area contributed by atoms with Gasteiger partial charge in [0.2, 0.25) is 5.91 Å². The molecule has 0 aliphatic rings. The molecule has 1 aromatic rings. The summed E-state index contributed by atoms with van der Waals surface area (Å²) in [4.78, 5) is 10.4. The number of hydrogen-bond donors (Lipinski definition) is 2. The zero-order chi connectivity index (χ0) is 15.0. The van der Waals surface area contributed by atoms with Crippen LogP contribution in [0.25, 0.3) is 0 Å². The van der Waals surface area contributed by atoms with Gasteiger partial charge in [0.15, 0.2) is 0 Å². The SMILES string of the molecule is NC(=O)COCCNCc1ccccc1OC(F)(F)F. The van der Waals surface area contributed by atoms with E-state index >= 15 is 0 Å². The van der Waals surface area contributed by atoms with Crippen molar-refractivity contribution >= 4 is 5.91 Å². The minimum atomic E-state index is -4.72. The molecule has 0 atom stereocenters. The Balaban J connectivity index is 2.38. The molecular formula is C12H15F3N2O3. The highest BCUT2D eigenvalue weighted by Crippen LogP contribution is 2.25. The first-order valence-corrected chi connectivity index (χ1v) is 5.79. The van der Waals surface area contributed by atoms with Gasteiger partial charge in [-0.25, -0.2) is 0 Å². The van der Waals surface area contributed by atoms with Crippen LogP contribution < -0.4 is 15.8 Å². The maximum Gasteiger partial charge on any atom is 0.573 e. The summed E-state index contributed by atoms with van der Waals surface area (Å²) in [6.45, 7) is 0.598. The predicted octanol–water partition coefficient (Wildman–Crippen LogP) is 1.18. The van der Waals surface area contributed by atoms with E-state index in [1.165, 1.54) is 18.2 Å². The fourth-order valence-electron chi connectivity index (χ4n) is 1.41. The van der Waals surface area contributed by atoms with Gasteiger partial charge in [0, 0.05) is 18.7 Å². The van der Waals surface area contributed by atoms with E-state index in [-0.39, 0.29) is 25.5 Å². The van der Waals surface area contributed by atoms with Gasteiger partial charge in [0.1, 0.15) is 12.4 Å². The van der Waals surface area contributed by atoms with Crippen molar-refractivity contribution in [2.45, 2.75) is 12.9 Å². The number of rotatable bonds is 8. The molecule has 1 aromatic carbocycles. The van der Waals surface area contributed by atoms with Gasteiger partial charge in [-0.05, 0) is 6.07 Å². The van der Waals surface area contributed by atoms with Crippen LogP contribution in [0.5, 0.6) is 5.75 Å². The molecule has 0 radical (unpaired) electrons. The van der Waals surface area contributed by atoms with Crippen molar-refractivity contribution in [1.82, 2.24) is 5.32 Å². The quantitative estimate of drug-likeness (QED) is 0.706. The summed E-state index contributed by atoms with van der Waals surface area (Å²) < 4.78 is 45.3. The lowest BCUT2D eigenvalue weighted by molar-refractivity contribution is -0.274. The molecule has 0 unspecified atom stereocenters. The lowest BCUT2D eigenvalue weighted by Crippen LogP contribution is -2.24.